The summed E-state index contributed by atoms with van der Waals surface area (Å²) in [6, 6.07) is 4.88. The van der Waals surface area contributed by atoms with Crippen molar-refractivity contribution >= 4 is 23.4 Å². The van der Waals surface area contributed by atoms with Crippen molar-refractivity contribution in [3.63, 3.8) is 0 Å². The first-order chi connectivity index (χ1) is 9.61. The molecule has 2 rings (SSSR count). The van der Waals surface area contributed by atoms with Crippen LogP contribution in [-0.4, -0.2) is 30.0 Å². The van der Waals surface area contributed by atoms with Crippen LogP contribution < -0.4 is 10.2 Å². The predicted molar refractivity (Wildman–Crippen MR) is 75.7 cm³/mol. The number of ether oxygens (including phenoxy) is 1. The van der Waals surface area contributed by atoms with Crippen LogP contribution in [0.1, 0.15) is 36.5 Å². The first-order valence-electron chi connectivity index (χ1n) is 6.65. The van der Waals surface area contributed by atoms with Crippen LogP contribution in [0.25, 0.3) is 0 Å². The molecule has 1 heterocycles. The SMILES string of the molecule is CCCOc1ccc(Cl)cc1C(=O)NN1CCCC1=O. The van der Waals surface area contributed by atoms with Crippen LogP contribution in [0.3, 0.4) is 0 Å². The van der Waals surface area contributed by atoms with Crippen LogP contribution in [0.5, 0.6) is 5.75 Å². The number of hydrazine groups is 1. The van der Waals surface area contributed by atoms with E-state index in [1.165, 1.54) is 5.01 Å². The molecule has 1 aliphatic heterocycles. The maximum absolute atomic E-state index is 12.2. The zero-order chi connectivity index (χ0) is 14.5. The molecule has 1 N–H and O–H groups in total. The molecule has 0 unspecified atom stereocenters. The van der Waals surface area contributed by atoms with Crippen molar-refractivity contribution in [2.45, 2.75) is 26.2 Å². The highest BCUT2D eigenvalue weighted by Gasteiger charge is 2.23. The fraction of sp³-hybridized carbons (Fsp3) is 0.429. The van der Waals surface area contributed by atoms with Gasteiger partial charge in [-0.2, -0.15) is 0 Å². The highest BCUT2D eigenvalue weighted by molar-refractivity contribution is 6.31. The number of nitrogens with zero attached hydrogens (tertiary/aromatic N) is 1. The number of rotatable bonds is 5. The van der Waals surface area contributed by atoms with Crippen molar-refractivity contribution in [2.75, 3.05) is 13.2 Å². The zero-order valence-electron chi connectivity index (χ0n) is 11.3. The minimum absolute atomic E-state index is 0.0728. The third-order valence-electron chi connectivity index (χ3n) is 2.96. The molecule has 0 spiro atoms. The van der Waals surface area contributed by atoms with E-state index in [4.69, 9.17) is 16.3 Å². The third-order valence-corrected chi connectivity index (χ3v) is 3.19. The maximum Gasteiger partial charge on any atom is 0.273 e. The van der Waals surface area contributed by atoms with Crippen molar-refractivity contribution in [3.05, 3.63) is 28.8 Å². The molecule has 6 heteroatoms. The van der Waals surface area contributed by atoms with Gasteiger partial charge in [-0.1, -0.05) is 18.5 Å². The van der Waals surface area contributed by atoms with Crippen molar-refractivity contribution in [3.8, 4) is 5.75 Å². The first kappa shape index (κ1) is 14.7. The Kier molecular flexibility index (Phi) is 4.84. The number of hydrogen-bond donors (Lipinski definition) is 1. The minimum Gasteiger partial charge on any atom is -0.493 e. The van der Waals surface area contributed by atoms with Crippen LogP contribution in [0.15, 0.2) is 18.2 Å². The Morgan fingerprint density at radius 3 is 2.95 bits per heavy atom. The fourth-order valence-corrected chi connectivity index (χ4v) is 2.14. The molecule has 0 aromatic heterocycles. The molecular weight excluding hydrogens is 280 g/mol. The lowest BCUT2D eigenvalue weighted by molar-refractivity contribution is -0.129. The molecule has 1 aromatic rings. The summed E-state index contributed by atoms with van der Waals surface area (Å²) < 4.78 is 5.53. The monoisotopic (exact) mass is 296 g/mol. The second-order valence-corrected chi connectivity index (χ2v) is 5.02. The van der Waals surface area contributed by atoms with Crippen LogP contribution >= 0.6 is 11.6 Å². The number of halogens is 1. The fourth-order valence-electron chi connectivity index (χ4n) is 1.97. The van der Waals surface area contributed by atoms with Crippen LogP contribution in [0, 0.1) is 0 Å². The molecular formula is C14H17ClN2O3. The Morgan fingerprint density at radius 2 is 2.30 bits per heavy atom. The van der Waals surface area contributed by atoms with Gasteiger partial charge in [0.15, 0.2) is 0 Å². The van der Waals surface area contributed by atoms with Gasteiger partial charge < -0.3 is 4.74 Å². The molecule has 0 radical (unpaired) electrons. The molecule has 20 heavy (non-hydrogen) atoms. The van der Waals surface area contributed by atoms with Crippen LogP contribution in [0.2, 0.25) is 5.02 Å². The van der Waals surface area contributed by atoms with Gasteiger partial charge in [-0.15, -0.1) is 0 Å². The Morgan fingerprint density at radius 1 is 1.50 bits per heavy atom. The van der Waals surface area contributed by atoms with Crippen molar-refractivity contribution in [2.24, 2.45) is 0 Å². The van der Waals surface area contributed by atoms with Crippen LogP contribution in [-0.2, 0) is 4.79 Å². The van der Waals surface area contributed by atoms with Gasteiger partial charge in [0.2, 0.25) is 5.91 Å². The smallest absolute Gasteiger partial charge is 0.273 e. The normalized spacial score (nSPS) is 14.5. The van der Waals surface area contributed by atoms with Crippen molar-refractivity contribution in [1.29, 1.82) is 0 Å². The number of amides is 2. The lowest BCUT2D eigenvalue weighted by Crippen LogP contribution is -2.42. The summed E-state index contributed by atoms with van der Waals surface area (Å²) in [5.41, 5.74) is 2.93. The summed E-state index contributed by atoms with van der Waals surface area (Å²) in [5, 5.41) is 1.79. The summed E-state index contributed by atoms with van der Waals surface area (Å²) in [4.78, 5) is 23.8. The topological polar surface area (TPSA) is 58.6 Å². The predicted octanol–water partition coefficient (Wildman–Crippen LogP) is 2.40. The van der Waals surface area contributed by atoms with E-state index in [2.05, 4.69) is 5.43 Å². The Labute approximate surface area is 122 Å². The van der Waals surface area contributed by atoms with Gasteiger partial charge in [-0.25, -0.2) is 0 Å². The third kappa shape index (κ3) is 3.42. The van der Waals surface area contributed by atoms with Gasteiger partial charge in [0.25, 0.3) is 5.91 Å². The summed E-state index contributed by atoms with van der Waals surface area (Å²) >= 11 is 5.92. The highest BCUT2D eigenvalue weighted by atomic mass is 35.5. The van der Waals surface area contributed by atoms with Gasteiger partial charge in [-0.05, 0) is 31.0 Å². The zero-order valence-corrected chi connectivity index (χ0v) is 12.1. The average Bonchev–Trinajstić information content (AvgIpc) is 2.83. The molecule has 2 amide bonds. The number of nitrogens with one attached hydrogen (secondary N) is 1. The molecule has 1 saturated heterocycles. The van der Waals surface area contributed by atoms with E-state index in [-0.39, 0.29) is 11.8 Å². The van der Waals surface area contributed by atoms with E-state index >= 15 is 0 Å². The van der Waals surface area contributed by atoms with E-state index < -0.39 is 0 Å². The Hall–Kier alpha value is -1.75. The Balaban J connectivity index is 2.14. The van der Waals surface area contributed by atoms with E-state index in [9.17, 15) is 9.59 Å². The molecule has 0 aliphatic carbocycles. The largest absolute Gasteiger partial charge is 0.493 e. The van der Waals surface area contributed by atoms with Gasteiger partial charge in [0.1, 0.15) is 5.75 Å². The van der Waals surface area contributed by atoms with Gasteiger partial charge in [-0.3, -0.25) is 20.0 Å². The summed E-state index contributed by atoms with van der Waals surface area (Å²) in [6.07, 6.45) is 2.07. The molecule has 1 aromatic carbocycles. The second-order valence-electron chi connectivity index (χ2n) is 4.58. The molecule has 1 fully saturated rings. The number of carbonyl (C=O) groups excluding carboxylic acids is 2. The lowest BCUT2D eigenvalue weighted by Gasteiger charge is -2.18. The number of hydrogen-bond acceptors (Lipinski definition) is 3. The molecule has 1 aliphatic rings. The minimum atomic E-state index is -0.381. The molecule has 0 atom stereocenters. The highest BCUT2D eigenvalue weighted by Crippen LogP contribution is 2.23. The average molecular weight is 297 g/mol. The molecule has 0 saturated carbocycles. The summed E-state index contributed by atoms with van der Waals surface area (Å²) in [7, 11) is 0. The molecule has 5 nitrogen and oxygen atoms in total. The Bertz CT molecular complexity index is 519. The van der Waals surface area contributed by atoms with Gasteiger partial charge in [0.05, 0.1) is 12.2 Å². The lowest BCUT2D eigenvalue weighted by atomic mass is 10.2. The van der Waals surface area contributed by atoms with E-state index in [0.717, 1.165) is 12.8 Å². The van der Waals surface area contributed by atoms with E-state index in [1.807, 2.05) is 6.92 Å². The van der Waals surface area contributed by atoms with Gasteiger partial charge >= 0.3 is 0 Å². The maximum atomic E-state index is 12.2. The van der Waals surface area contributed by atoms with Crippen LogP contribution in [0.4, 0.5) is 0 Å². The summed E-state index contributed by atoms with van der Waals surface area (Å²) in [6.45, 7) is 3.04. The van der Waals surface area contributed by atoms with Crippen molar-refractivity contribution in [1.82, 2.24) is 10.4 Å². The van der Waals surface area contributed by atoms with E-state index in [1.54, 1.807) is 18.2 Å². The quantitative estimate of drug-likeness (QED) is 0.907. The first-order valence-corrected chi connectivity index (χ1v) is 7.03. The number of carbonyl (C=O) groups is 2. The number of benzene rings is 1. The van der Waals surface area contributed by atoms with E-state index in [0.29, 0.717) is 35.9 Å². The van der Waals surface area contributed by atoms with Crippen molar-refractivity contribution < 1.29 is 14.3 Å². The standard InChI is InChI=1S/C14H17ClN2O3/c1-2-8-20-12-6-5-10(15)9-11(12)14(19)16-17-7-3-4-13(17)18/h5-6,9H,2-4,7-8H2,1H3,(H,16,19). The molecule has 0 bridgehead atoms. The molecule has 108 valence electrons. The second kappa shape index (κ2) is 6.61. The van der Waals surface area contributed by atoms with Gasteiger partial charge in [0, 0.05) is 18.0 Å². The summed E-state index contributed by atoms with van der Waals surface area (Å²) in [5.74, 6) is 0.0191.